The largest absolute Gasteiger partial charge is 0.477 e. The standard InChI is InChI=1S/C13H12FN3O4/c1-6-7(2)15-16(8(6)3)12-4-9(13(18)19)11(17(20)21)5-10(12)14/h4-5H,1-3H3,(H,18,19). The van der Waals surface area contributed by atoms with E-state index in [1.807, 2.05) is 0 Å². The Bertz CT molecular complexity index is 767. The fraction of sp³-hybridized carbons (Fsp3) is 0.231. The summed E-state index contributed by atoms with van der Waals surface area (Å²) in [5, 5.41) is 24.0. The number of carboxylic acid groups (broad SMARTS) is 1. The average molecular weight is 293 g/mol. The molecule has 0 aliphatic carbocycles. The molecule has 2 rings (SSSR count). The van der Waals surface area contributed by atoms with Crippen LogP contribution in [0.1, 0.15) is 27.3 Å². The number of aromatic nitrogens is 2. The highest BCUT2D eigenvalue weighted by atomic mass is 19.1. The number of nitro benzene ring substituents is 1. The van der Waals surface area contributed by atoms with Gasteiger partial charge in [0.05, 0.1) is 16.7 Å². The third-order valence-electron chi connectivity index (χ3n) is 3.37. The lowest BCUT2D eigenvalue weighted by Crippen LogP contribution is -2.09. The van der Waals surface area contributed by atoms with Crippen molar-refractivity contribution in [1.82, 2.24) is 9.78 Å². The SMILES string of the molecule is Cc1nn(-c2cc(C(=O)O)c([N+](=O)[O-])cc2F)c(C)c1C. The van der Waals surface area contributed by atoms with Gasteiger partial charge in [-0.2, -0.15) is 5.10 Å². The van der Waals surface area contributed by atoms with Gasteiger partial charge >= 0.3 is 5.97 Å². The zero-order valence-electron chi connectivity index (χ0n) is 11.5. The first kappa shape index (κ1) is 14.6. The fourth-order valence-electron chi connectivity index (χ4n) is 1.99. The molecule has 110 valence electrons. The summed E-state index contributed by atoms with van der Waals surface area (Å²) in [6.07, 6.45) is 0. The summed E-state index contributed by atoms with van der Waals surface area (Å²) in [7, 11) is 0. The van der Waals surface area contributed by atoms with Crippen molar-refractivity contribution in [2.75, 3.05) is 0 Å². The molecule has 0 radical (unpaired) electrons. The topological polar surface area (TPSA) is 98.3 Å². The molecule has 1 heterocycles. The minimum atomic E-state index is -1.50. The molecular formula is C13H12FN3O4. The van der Waals surface area contributed by atoms with Gasteiger partial charge in [-0.25, -0.2) is 13.9 Å². The Morgan fingerprint density at radius 1 is 1.38 bits per heavy atom. The molecule has 1 aromatic heterocycles. The van der Waals surface area contributed by atoms with Crippen LogP contribution in [0.4, 0.5) is 10.1 Å². The van der Waals surface area contributed by atoms with Crippen LogP contribution in [0.5, 0.6) is 0 Å². The molecule has 0 aliphatic heterocycles. The second-order valence-corrected chi connectivity index (χ2v) is 4.59. The molecule has 2 aromatic rings. The lowest BCUT2D eigenvalue weighted by molar-refractivity contribution is -0.385. The zero-order valence-corrected chi connectivity index (χ0v) is 11.5. The molecule has 1 aromatic carbocycles. The van der Waals surface area contributed by atoms with Crippen molar-refractivity contribution in [3.63, 3.8) is 0 Å². The molecule has 1 N–H and O–H groups in total. The molecule has 8 heteroatoms. The van der Waals surface area contributed by atoms with Crippen molar-refractivity contribution in [1.29, 1.82) is 0 Å². The van der Waals surface area contributed by atoms with Gasteiger partial charge in [-0.1, -0.05) is 0 Å². The Hall–Kier alpha value is -2.77. The van der Waals surface area contributed by atoms with Gasteiger partial charge in [-0.15, -0.1) is 0 Å². The summed E-state index contributed by atoms with van der Waals surface area (Å²) in [6.45, 7) is 5.24. The van der Waals surface area contributed by atoms with Crippen molar-refractivity contribution in [2.24, 2.45) is 0 Å². The van der Waals surface area contributed by atoms with E-state index in [4.69, 9.17) is 5.11 Å². The summed E-state index contributed by atoms with van der Waals surface area (Å²) in [5.41, 5.74) is 0.638. The third kappa shape index (κ3) is 2.35. The summed E-state index contributed by atoms with van der Waals surface area (Å²) < 4.78 is 15.3. The quantitative estimate of drug-likeness (QED) is 0.692. The number of hydrogen-bond acceptors (Lipinski definition) is 4. The Kier molecular flexibility index (Phi) is 3.46. The normalized spacial score (nSPS) is 10.7. The molecule has 0 amide bonds. The van der Waals surface area contributed by atoms with Crippen molar-refractivity contribution < 1.29 is 19.2 Å². The molecule has 0 aliphatic rings. The Morgan fingerprint density at radius 3 is 2.43 bits per heavy atom. The van der Waals surface area contributed by atoms with E-state index in [2.05, 4.69) is 5.10 Å². The molecule has 0 spiro atoms. The molecule has 0 saturated heterocycles. The first-order valence-corrected chi connectivity index (χ1v) is 5.98. The smallest absolute Gasteiger partial charge is 0.342 e. The first-order chi connectivity index (χ1) is 9.73. The minimum absolute atomic E-state index is 0.133. The van der Waals surface area contributed by atoms with Crippen LogP contribution >= 0.6 is 0 Å². The lowest BCUT2D eigenvalue weighted by Gasteiger charge is -2.08. The van der Waals surface area contributed by atoms with E-state index in [1.54, 1.807) is 20.8 Å². The predicted octanol–water partition coefficient (Wildman–Crippen LogP) is 2.54. The second-order valence-electron chi connectivity index (χ2n) is 4.59. The number of halogens is 1. The van der Waals surface area contributed by atoms with Crippen LogP contribution in [-0.4, -0.2) is 25.8 Å². The predicted molar refractivity (Wildman–Crippen MR) is 71.3 cm³/mol. The van der Waals surface area contributed by atoms with E-state index < -0.39 is 28.0 Å². The van der Waals surface area contributed by atoms with Crippen LogP contribution in [0.2, 0.25) is 0 Å². The molecular weight excluding hydrogens is 281 g/mol. The number of hydrogen-bond donors (Lipinski definition) is 1. The van der Waals surface area contributed by atoms with Crippen molar-refractivity contribution in [3.05, 3.63) is 50.6 Å². The van der Waals surface area contributed by atoms with Gasteiger partial charge in [0.2, 0.25) is 0 Å². The first-order valence-electron chi connectivity index (χ1n) is 5.98. The van der Waals surface area contributed by atoms with E-state index in [0.717, 1.165) is 11.6 Å². The number of benzene rings is 1. The van der Waals surface area contributed by atoms with Crippen molar-refractivity contribution >= 4 is 11.7 Å². The van der Waals surface area contributed by atoms with Crippen LogP contribution in [0, 0.1) is 36.7 Å². The Morgan fingerprint density at radius 2 is 2.00 bits per heavy atom. The monoisotopic (exact) mass is 293 g/mol. The highest BCUT2D eigenvalue weighted by Gasteiger charge is 2.25. The fourth-order valence-corrected chi connectivity index (χ4v) is 1.99. The van der Waals surface area contributed by atoms with Gasteiger partial charge in [-0.05, 0) is 32.4 Å². The number of nitrogens with zero attached hydrogens (tertiary/aromatic N) is 3. The van der Waals surface area contributed by atoms with E-state index in [9.17, 15) is 19.3 Å². The number of rotatable bonds is 3. The molecule has 0 saturated carbocycles. The van der Waals surface area contributed by atoms with Crippen LogP contribution in [0.3, 0.4) is 0 Å². The van der Waals surface area contributed by atoms with Gasteiger partial charge in [-0.3, -0.25) is 10.1 Å². The zero-order chi connectivity index (χ0) is 15.9. The number of nitro groups is 1. The highest BCUT2D eigenvalue weighted by Crippen LogP contribution is 2.27. The van der Waals surface area contributed by atoms with Gasteiger partial charge < -0.3 is 5.11 Å². The maximum atomic E-state index is 14.1. The van der Waals surface area contributed by atoms with E-state index >= 15 is 0 Å². The van der Waals surface area contributed by atoms with E-state index in [-0.39, 0.29) is 5.69 Å². The third-order valence-corrected chi connectivity index (χ3v) is 3.37. The number of carboxylic acids is 1. The van der Waals surface area contributed by atoms with Gasteiger partial charge in [0.25, 0.3) is 5.69 Å². The van der Waals surface area contributed by atoms with E-state index in [1.165, 1.54) is 4.68 Å². The molecule has 0 atom stereocenters. The maximum absolute atomic E-state index is 14.1. The van der Waals surface area contributed by atoms with Crippen molar-refractivity contribution in [2.45, 2.75) is 20.8 Å². The van der Waals surface area contributed by atoms with Crippen LogP contribution in [0.15, 0.2) is 12.1 Å². The number of aromatic carboxylic acids is 1. The van der Waals surface area contributed by atoms with E-state index in [0.29, 0.717) is 17.5 Å². The molecule has 0 fully saturated rings. The average Bonchev–Trinajstić information content (AvgIpc) is 2.65. The number of aryl methyl sites for hydroxylation is 1. The van der Waals surface area contributed by atoms with Crippen LogP contribution in [0.25, 0.3) is 5.69 Å². The maximum Gasteiger partial charge on any atom is 0.342 e. The summed E-state index contributed by atoms with van der Waals surface area (Å²) in [6, 6.07) is 1.53. The molecule has 0 bridgehead atoms. The summed E-state index contributed by atoms with van der Waals surface area (Å²) >= 11 is 0. The number of carbonyl (C=O) groups is 1. The lowest BCUT2D eigenvalue weighted by atomic mass is 10.1. The molecule has 0 unspecified atom stereocenters. The van der Waals surface area contributed by atoms with Crippen LogP contribution in [-0.2, 0) is 0 Å². The van der Waals surface area contributed by atoms with Gasteiger partial charge in [0.15, 0.2) is 5.82 Å². The minimum Gasteiger partial charge on any atom is -0.477 e. The Labute approximate surface area is 118 Å². The molecule has 21 heavy (non-hydrogen) atoms. The summed E-state index contributed by atoms with van der Waals surface area (Å²) in [4.78, 5) is 21.0. The molecule has 7 nitrogen and oxygen atoms in total. The highest BCUT2D eigenvalue weighted by molar-refractivity contribution is 5.93. The van der Waals surface area contributed by atoms with Gasteiger partial charge in [0, 0.05) is 5.69 Å². The Balaban J connectivity index is 2.76. The van der Waals surface area contributed by atoms with Gasteiger partial charge in [0.1, 0.15) is 11.3 Å². The summed E-state index contributed by atoms with van der Waals surface area (Å²) in [5.74, 6) is -2.40. The van der Waals surface area contributed by atoms with Crippen molar-refractivity contribution in [3.8, 4) is 5.69 Å². The van der Waals surface area contributed by atoms with Crippen LogP contribution < -0.4 is 0 Å². The second kappa shape index (κ2) is 4.97.